The van der Waals surface area contributed by atoms with Gasteiger partial charge in [0.15, 0.2) is 9.84 Å². The number of sulfone groups is 1. The standard InChI is InChI=1S/C12H14N4O4S/c1-15-6-5-13-12(15)8-14-10-4-3-9(21(2,19)20)7-11(10)16(17)18/h3-7,14H,8H2,1-2H3. The van der Waals surface area contributed by atoms with Gasteiger partial charge in [-0.25, -0.2) is 13.4 Å². The summed E-state index contributed by atoms with van der Waals surface area (Å²) in [6.07, 6.45) is 4.39. The lowest BCUT2D eigenvalue weighted by Crippen LogP contribution is -2.08. The van der Waals surface area contributed by atoms with E-state index in [-0.39, 0.29) is 16.3 Å². The minimum absolute atomic E-state index is 0.0864. The van der Waals surface area contributed by atoms with E-state index in [1.54, 1.807) is 17.0 Å². The molecular formula is C12H14N4O4S. The minimum atomic E-state index is -3.49. The molecule has 0 aliphatic heterocycles. The van der Waals surface area contributed by atoms with Gasteiger partial charge >= 0.3 is 0 Å². The molecule has 0 aliphatic rings. The fourth-order valence-corrected chi connectivity index (χ4v) is 2.42. The average molecular weight is 310 g/mol. The SMILES string of the molecule is Cn1ccnc1CNc1ccc(S(C)(=O)=O)cc1[N+](=O)[O-]. The third-order valence-corrected chi connectivity index (χ3v) is 4.06. The molecule has 0 aliphatic carbocycles. The van der Waals surface area contributed by atoms with E-state index in [0.717, 1.165) is 12.3 Å². The van der Waals surface area contributed by atoms with Gasteiger partial charge < -0.3 is 9.88 Å². The molecule has 2 rings (SSSR count). The van der Waals surface area contributed by atoms with Gasteiger partial charge in [-0.15, -0.1) is 0 Å². The number of benzene rings is 1. The van der Waals surface area contributed by atoms with Crippen molar-refractivity contribution in [3.8, 4) is 0 Å². The first-order chi connectivity index (χ1) is 9.79. The molecule has 0 atom stereocenters. The zero-order valence-corrected chi connectivity index (χ0v) is 12.3. The molecule has 1 N–H and O–H groups in total. The van der Waals surface area contributed by atoms with Crippen LogP contribution in [0, 0.1) is 10.1 Å². The van der Waals surface area contributed by atoms with Gasteiger partial charge in [-0.1, -0.05) is 0 Å². The molecule has 8 nitrogen and oxygen atoms in total. The number of aryl methyl sites for hydroxylation is 1. The Balaban J connectivity index is 2.31. The smallest absolute Gasteiger partial charge is 0.293 e. The normalized spacial score (nSPS) is 11.3. The van der Waals surface area contributed by atoms with Crippen molar-refractivity contribution in [2.45, 2.75) is 11.4 Å². The second-order valence-corrected chi connectivity index (χ2v) is 6.53. The Morgan fingerprint density at radius 1 is 1.43 bits per heavy atom. The van der Waals surface area contributed by atoms with Crippen LogP contribution in [0.2, 0.25) is 0 Å². The van der Waals surface area contributed by atoms with E-state index >= 15 is 0 Å². The molecule has 0 radical (unpaired) electrons. The molecule has 0 amide bonds. The molecule has 1 aromatic carbocycles. The van der Waals surface area contributed by atoms with E-state index in [4.69, 9.17) is 0 Å². The fraction of sp³-hybridized carbons (Fsp3) is 0.250. The average Bonchev–Trinajstić information content (AvgIpc) is 2.80. The summed E-state index contributed by atoms with van der Waals surface area (Å²) in [4.78, 5) is 14.5. The second-order valence-electron chi connectivity index (χ2n) is 4.52. The van der Waals surface area contributed by atoms with Crippen LogP contribution in [0.15, 0.2) is 35.5 Å². The highest BCUT2D eigenvalue weighted by Gasteiger charge is 2.18. The quantitative estimate of drug-likeness (QED) is 0.659. The molecule has 0 saturated carbocycles. The van der Waals surface area contributed by atoms with Crippen molar-refractivity contribution >= 4 is 21.2 Å². The van der Waals surface area contributed by atoms with Gasteiger partial charge in [0.2, 0.25) is 0 Å². The van der Waals surface area contributed by atoms with Crippen LogP contribution < -0.4 is 5.32 Å². The lowest BCUT2D eigenvalue weighted by Gasteiger charge is -2.08. The minimum Gasteiger partial charge on any atom is -0.372 e. The van der Waals surface area contributed by atoms with Gasteiger partial charge in [0.1, 0.15) is 11.5 Å². The zero-order valence-electron chi connectivity index (χ0n) is 11.5. The van der Waals surface area contributed by atoms with Crippen LogP contribution in [0.25, 0.3) is 0 Å². The van der Waals surface area contributed by atoms with Crippen molar-refractivity contribution in [2.24, 2.45) is 7.05 Å². The summed E-state index contributed by atoms with van der Waals surface area (Å²) in [5, 5.41) is 14.0. The molecule has 0 bridgehead atoms. The van der Waals surface area contributed by atoms with Gasteiger partial charge in [0.05, 0.1) is 16.4 Å². The van der Waals surface area contributed by atoms with Crippen molar-refractivity contribution in [1.29, 1.82) is 0 Å². The fourth-order valence-electron chi connectivity index (χ4n) is 1.78. The highest BCUT2D eigenvalue weighted by molar-refractivity contribution is 7.90. The number of hydrogen-bond acceptors (Lipinski definition) is 6. The molecule has 1 heterocycles. The van der Waals surface area contributed by atoms with Crippen LogP contribution >= 0.6 is 0 Å². The van der Waals surface area contributed by atoms with E-state index in [9.17, 15) is 18.5 Å². The molecule has 0 spiro atoms. The molecular weight excluding hydrogens is 296 g/mol. The largest absolute Gasteiger partial charge is 0.372 e. The third-order valence-electron chi connectivity index (χ3n) is 2.95. The first-order valence-corrected chi connectivity index (χ1v) is 7.87. The molecule has 2 aromatic rings. The first-order valence-electron chi connectivity index (χ1n) is 5.97. The molecule has 21 heavy (non-hydrogen) atoms. The lowest BCUT2D eigenvalue weighted by molar-refractivity contribution is -0.384. The van der Waals surface area contributed by atoms with Crippen LogP contribution in [-0.4, -0.2) is 29.1 Å². The maximum atomic E-state index is 11.5. The molecule has 112 valence electrons. The number of nitrogens with zero attached hydrogens (tertiary/aromatic N) is 3. The van der Waals surface area contributed by atoms with Gasteiger partial charge in [-0.05, 0) is 12.1 Å². The molecule has 0 saturated heterocycles. The highest BCUT2D eigenvalue weighted by Crippen LogP contribution is 2.27. The summed E-state index contributed by atoms with van der Waals surface area (Å²) in [6, 6.07) is 3.77. The molecule has 1 aromatic heterocycles. The predicted molar refractivity (Wildman–Crippen MR) is 76.7 cm³/mol. The number of imidazole rings is 1. The Morgan fingerprint density at radius 3 is 2.67 bits per heavy atom. The summed E-state index contributed by atoms with van der Waals surface area (Å²) in [6.45, 7) is 0.294. The Bertz CT molecular complexity index is 782. The Morgan fingerprint density at radius 2 is 2.14 bits per heavy atom. The monoisotopic (exact) mass is 310 g/mol. The maximum Gasteiger partial charge on any atom is 0.293 e. The molecule has 0 fully saturated rings. The van der Waals surface area contributed by atoms with E-state index in [0.29, 0.717) is 12.4 Å². The Hall–Kier alpha value is -2.42. The van der Waals surface area contributed by atoms with E-state index in [1.807, 2.05) is 7.05 Å². The molecule has 9 heteroatoms. The predicted octanol–water partition coefficient (Wildman–Crippen LogP) is 1.34. The second kappa shape index (κ2) is 5.52. The number of nitro benzene ring substituents is 1. The van der Waals surface area contributed by atoms with E-state index in [1.165, 1.54) is 12.1 Å². The first kappa shape index (κ1) is 15.0. The number of rotatable bonds is 5. The van der Waals surface area contributed by atoms with Crippen LogP contribution in [0.3, 0.4) is 0 Å². The zero-order chi connectivity index (χ0) is 15.6. The van der Waals surface area contributed by atoms with Crippen molar-refractivity contribution < 1.29 is 13.3 Å². The summed E-state index contributed by atoms with van der Waals surface area (Å²) in [7, 11) is -1.68. The van der Waals surface area contributed by atoms with Crippen LogP contribution in [0.1, 0.15) is 5.82 Å². The number of hydrogen-bond donors (Lipinski definition) is 1. The summed E-state index contributed by atoms with van der Waals surface area (Å²) in [5.74, 6) is 0.705. The highest BCUT2D eigenvalue weighted by atomic mass is 32.2. The maximum absolute atomic E-state index is 11.5. The van der Waals surface area contributed by atoms with Gasteiger partial charge in [0.25, 0.3) is 5.69 Å². The Kier molecular flexibility index (Phi) is 3.94. The van der Waals surface area contributed by atoms with Crippen molar-refractivity contribution in [3.05, 3.63) is 46.5 Å². The van der Waals surface area contributed by atoms with Crippen molar-refractivity contribution in [3.63, 3.8) is 0 Å². The summed E-state index contributed by atoms with van der Waals surface area (Å²) in [5.41, 5.74) is -0.0393. The third kappa shape index (κ3) is 3.37. The van der Waals surface area contributed by atoms with E-state index in [2.05, 4.69) is 10.3 Å². The number of anilines is 1. The summed E-state index contributed by atoms with van der Waals surface area (Å²) >= 11 is 0. The van der Waals surface area contributed by atoms with Crippen molar-refractivity contribution in [2.75, 3.05) is 11.6 Å². The lowest BCUT2D eigenvalue weighted by atomic mass is 10.2. The van der Waals surface area contributed by atoms with Gasteiger partial charge in [0, 0.05) is 31.8 Å². The van der Waals surface area contributed by atoms with Gasteiger partial charge in [-0.3, -0.25) is 10.1 Å². The number of nitro groups is 1. The number of aromatic nitrogens is 2. The Labute approximate surface area is 121 Å². The van der Waals surface area contributed by atoms with Crippen LogP contribution in [-0.2, 0) is 23.4 Å². The van der Waals surface area contributed by atoms with Crippen LogP contribution in [0.5, 0.6) is 0 Å². The van der Waals surface area contributed by atoms with Crippen molar-refractivity contribution in [1.82, 2.24) is 9.55 Å². The number of nitrogens with one attached hydrogen (secondary N) is 1. The van der Waals surface area contributed by atoms with Crippen LogP contribution in [0.4, 0.5) is 11.4 Å². The van der Waals surface area contributed by atoms with Gasteiger partial charge in [-0.2, -0.15) is 0 Å². The molecule has 0 unspecified atom stereocenters. The summed E-state index contributed by atoms with van der Waals surface area (Å²) < 4.78 is 24.7. The van der Waals surface area contributed by atoms with E-state index < -0.39 is 14.8 Å². The topological polar surface area (TPSA) is 107 Å².